The van der Waals surface area contributed by atoms with Gasteiger partial charge in [-0.3, -0.25) is 34.4 Å². The number of unbranched alkanes of at least 4 members (excludes halogenated alkanes) is 3. The summed E-state index contributed by atoms with van der Waals surface area (Å²) >= 11 is 4.12. The molecular weight excluding hydrogens is 753 g/mol. The molecular formula is C38H70N12O6S. The molecule has 0 aromatic rings. The number of hydrogen-bond donors (Lipinski definition) is 12. The number of rotatable bonds is 28. The van der Waals surface area contributed by atoms with E-state index in [0.29, 0.717) is 58.0 Å². The van der Waals surface area contributed by atoms with Gasteiger partial charge in [0.25, 0.3) is 0 Å². The lowest BCUT2D eigenvalue weighted by Crippen LogP contribution is -2.54. The Kier molecular flexibility index (Phi) is 22.6. The van der Waals surface area contributed by atoms with Crippen molar-refractivity contribution in [3.8, 4) is 0 Å². The molecule has 0 bridgehead atoms. The predicted octanol–water partition coefficient (Wildman–Crippen LogP) is -0.0774. The van der Waals surface area contributed by atoms with E-state index in [1.165, 1.54) is 0 Å². The number of aliphatic hydroxyl groups excluding tert-OH is 1. The van der Waals surface area contributed by atoms with Crippen LogP contribution in [0.4, 0.5) is 0 Å². The van der Waals surface area contributed by atoms with Crippen LogP contribution in [0.1, 0.15) is 109 Å². The average Bonchev–Trinajstić information content (AvgIpc) is 3.56. The Labute approximate surface area is 342 Å². The number of fused-ring (bicyclic) bond motifs is 1. The number of likely N-dealkylation sites (tertiary alicyclic amines) is 1. The molecule has 0 aromatic heterocycles. The molecule has 0 radical (unpaired) electrons. The molecule has 2 aliphatic rings. The van der Waals surface area contributed by atoms with Crippen LogP contribution in [0.15, 0.2) is 17.3 Å². The normalized spacial score (nSPS) is 20.2. The van der Waals surface area contributed by atoms with Gasteiger partial charge in [-0.15, -0.1) is 0 Å². The highest BCUT2D eigenvalue weighted by Gasteiger charge is 2.49. The van der Waals surface area contributed by atoms with Crippen LogP contribution in [-0.2, 0) is 24.0 Å². The van der Waals surface area contributed by atoms with Gasteiger partial charge in [0, 0.05) is 43.6 Å². The molecule has 324 valence electrons. The summed E-state index contributed by atoms with van der Waals surface area (Å²) < 4.78 is 0. The van der Waals surface area contributed by atoms with Gasteiger partial charge >= 0.3 is 0 Å². The smallest absolute Gasteiger partial charge is 0.243 e. The van der Waals surface area contributed by atoms with Crippen molar-refractivity contribution in [1.29, 1.82) is 5.41 Å². The molecule has 2 fully saturated rings. The SMILES string of the molecule is C=C(O)[C@H](CCCN=C(N)N)NC(=O)[C@@H]1CC2CCCCC2N1C(=O)[C@H](CCN)CC(=O)[C@H](CCCCNC(=O)[C@@H](N)CCCCCC(=N)N)NC(=O)[C@@H](N)CS. The monoisotopic (exact) mass is 823 g/mol. The van der Waals surface area contributed by atoms with Crippen LogP contribution in [-0.4, -0.2) is 113 Å². The second-order valence-electron chi connectivity index (χ2n) is 15.4. The van der Waals surface area contributed by atoms with Crippen molar-refractivity contribution in [3.63, 3.8) is 0 Å². The summed E-state index contributed by atoms with van der Waals surface area (Å²) in [6, 6.07) is -4.36. The maximum absolute atomic E-state index is 14.5. The van der Waals surface area contributed by atoms with E-state index in [9.17, 15) is 29.1 Å². The number of nitrogens with two attached hydrogens (primary N) is 6. The first kappa shape index (κ1) is 49.2. The van der Waals surface area contributed by atoms with E-state index >= 15 is 0 Å². The summed E-state index contributed by atoms with van der Waals surface area (Å²) in [5.74, 6) is -2.78. The largest absolute Gasteiger partial charge is 0.511 e. The summed E-state index contributed by atoms with van der Waals surface area (Å²) in [7, 11) is 0. The van der Waals surface area contributed by atoms with Gasteiger partial charge in [0.1, 0.15) is 11.8 Å². The fourth-order valence-corrected chi connectivity index (χ4v) is 7.86. The lowest BCUT2D eigenvalue weighted by Gasteiger charge is -2.36. The van der Waals surface area contributed by atoms with Crippen LogP contribution in [0.25, 0.3) is 0 Å². The van der Waals surface area contributed by atoms with Gasteiger partial charge in [0.15, 0.2) is 11.7 Å². The van der Waals surface area contributed by atoms with Gasteiger partial charge < -0.3 is 60.4 Å². The fraction of sp³-hybridized carbons (Fsp3) is 0.763. The second-order valence-corrected chi connectivity index (χ2v) is 15.8. The van der Waals surface area contributed by atoms with Gasteiger partial charge in [0.2, 0.25) is 23.6 Å². The number of carbonyl (C=O) groups is 5. The van der Waals surface area contributed by atoms with Gasteiger partial charge in [-0.1, -0.05) is 32.3 Å². The summed E-state index contributed by atoms with van der Waals surface area (Å²) in [5.41, 5.74) is 34.2. The summed E-state index contributed by atoms with van der Waals surface area (Å²) in [5, 5.41) is 26.1. The highest BCUT2D eigenvalue weighted by atomic mass is 32.1. The van der Waals surface area contributed by atoms with E-state index in [1.807, 2.05) is 0 Å². The molecule has 1 heterocycles. The van der Waals surface area contributed by atoms with Crippen LogP contribution in [0.5, 0.6) is 0 Å². The molecule has 8 atom stereocenters. The van der Waals surface area contributed by atoms with Crippen LogP contribution in [0, 0.1) is 17.2 Å². The van der Waals surface area contributed by atoms with Crippen molar-refractivity contribution in [2.24, 2.45) is 51.2 Å². The van der Waals surface area contributed by atoms with Crippen molar-refractivity contribution in [3.05, 3.63) is 12.3 Å². The topological polar surface area (TPSA) is 337 Å². The Morgan fingerprint density at radius 1 is 0.877 bits per heavy atom. The zero-order chi connectivity index (χ0) is 42.5. The van der Waals surface area contributed by atoms with Crippen LogP contribution in [0.2, 0.25) is 0 Å². The Morgan fingerprint density at radius 2 is 1.56 bits per heavy atom. The van der Waals surface area contributed by atoms with Gasteiger partial charge in [-0.2, -0.15) is 12.6 Å². The number of ketones is 1. The zero-order valence-corrected chi connectivity index (χ0v) is 34.4. The minimum Gasteiger partial charge on any atom is -0.511 e. The first-order valence-corrected chi connectivity index (χ1v) is 21.1. The molecule has 57 heavy (non-hydrogen) atoms. The fourth-order valence-electron chi connectivity index (χ4n) is 7.69. The molecule has 2 rings (SSSR count). The van der Waals surface area contributed by atoms with Gasteiger partial charge in [0.05, 0.1) is 30.0 Å². The van der Waals surface area contributed by atoms with Crippen molar-refractivity contribution >= 4 is 53.8 Å². The van der Waals surface area contributed by atoms with E-state index in [-0.39, 0.29) is 78.7 Å². The Bertz CT molecular complexity index is 1380. The molecule has 1 aliphatic heterocycles. The Morgan fingerprint density at radius 3 is 2.21 bits per heavy atom. The minimum absolute atomic E-state index is 0.0607. The van der Waals surface area contributed by atoms with Crippen LogP contribution >= 0.6 is 12.6 Å². The molecule has 19 heteroatoms. The van der Waals surface area contributed by atoms with E-state index < -0.39 is 47.9 Å². The number of amidine groups is 1. The third-order valence-corrected chi connectivity index (χ3v) is 11.3. The Hall–Kier alpha value is -3.94. The first-order chi connectivity index (χ1) is 27.1. The lowest BCUT2D eigenvalue weighted by molar-refractivity contribution is -0.146. The number of nitrogens with zero attached hydrogens (tertiary/aromatic N) is 2. The number of carbonyl (C=O) groups excluding carboxylic acids is 5. The maximum Gasteiger partial charge on any atom is 0.243 e. The molecule has 18 nitrogen and oxygen atoms in total. The number of aliphatic imine (C=N–C) groups is 1. The average molecular weight is 823 g/mol. The van der Waals surface area contributed by atoms with Crippen LogP contribution in [0.3, 0.4) is 0 Å². The van der Waals surface area contributed by atoms with E-state index in [0.717, 1.165) is 44.9 Å². The standard InChI is InChI=1S/C38H70N12O6S/c1-23(51)28(13-9-19-47-38(44)45)48-36(55)31-20-24-10-5-6-14-30(24)50(31)37(56)25(16-17-39)21-32(52)29(49-35(54)27(41)22-57)12-7-8-18-46-34(53)26(40)11-3-2-4-15-33(42)43/h24-31,51,57H,1-22,39-41H2,(H3,42,43)(H,46,53)(H,48,55)(H,49,54)(H4,44,45,47)/t24?,25-,26+,27+,28+,29+,30?,31+/m1/s1. The summed E-state index contributed by atoms with van der Waals surface area (Å²) in [4.78, 5) is 73.4. The minimum atomic E-state index is -0.958. The highest BCUT2D eigenvalue weighted by Crippen LogP contribution is 2.41. The van der Waals surface area contributed by atoms with E-state index in [4.69, 9.17) is 39.8 Å². The number of nitrogens with one attached hydrogen (secondary N) is 4. The predicted molar refractivity (Wildman–Crippen MR) is 225 cm³/mol. The van der Waals surface area contributed by atoms with E-state index in [1.54, 1.807) is 4.90 Å². The second kappa shape index (κ2) is 26.1. The van der Waals surface area contributed by atoms with Gasteiger partial charge in [-0.25, -0.2) is 0 Å². The number of thiol groups is 1. The van der Waals surface area contributed by atoms with Crippen LogP contribution < -0.4 is 50.4 Å². The number of Topliss-reactive ketones (excluding diaryl/α,β-unsaturated/α-hetero) is 1. The first-order valence-electron chi connectivity index (χ1n) is 20.4. The Balaban J connectivity index is 2.14. The van der Waals surface area contributed by atoms with Crippen molar-refractivity contribution in [1.82, 2.24) is 20.9 Å². The molecule has 4 amide bonds. The third-order valence-electron chi connectivity index (χ3n) is 10.9. The van der Waals surface area contributed by atoms with Crippen molar-refractivity contribution < 1.29 is 29.1 Å². The molecule has 0 spiro atoms. The molecule has 1 saturated carbocycles. The van der Waals surface area contributed by atoms with E-state index in [2.05, 4.69) is 40.2 Å². The molecule has 1 saturated heterocycles. The van der Waals surface area contributed by atoms with Crippen molar-refractivity contribution in [2.75, 3.05) is 25.4 Å². The summed E-state index contributed by atoms with van der Waals surface area (Å²) in [6.45, 7) is 4.36. The lowest BCUT2D eigenvalue weighted by atomic mass is 9.84. The third kappa shape index (κ3) is 17.2. The number of guanidine groups is 1. The highest BCUT2D eigenvalue weighted by molar-refractivity contribution is 7.80. The van der Waals surface area contributed by atoms with Crippen molar-refractivity contribution in [2.45, 2.75) is 145 Å². The maximum atomic E-state index is 14.5. The number of aliphatic hydroxyl groups is 1. The summed E-state index contributed by atoms with van der Waals surface area (Å²) in [6.07, 6.45) is 9.23. The van der Waals surface area contributed by atoms with Gasteiger partial charge in [-0.05, 0) is 83.1 Å². The molecule has 17 N–H and O–H groups in total. The quantitative estimate of drug-likeness (QED) is 0.0162. The zero-order valence-electron chi connectivity index (χ0n) is 33.5. The number of hydrogen-bond acceptors (Lipinski definition) is 12. The number of amides is 4. The molecule has 2 unspecified atom stereocenters. The molecule has 0 aromatic carbocycles. The molecule has 1 aliphatic carbocycles.